The summed E-state index contributed by atoms with van der Waals surface area (Å²) in [5, 5.41) is 2.51. The highest BCUT2D eigenvalue weighted by Gasteiger charge is 2.03. The third-order valence-electron chi connectivity index (χ3n) is 3.16. The van der Waals surface area contributed by atoms with Gasteiger partial charge in [0.05, 0.1) is 5.69 Å². The van der Waals surface area contributed by atoms with Crippen LogP contribution in [0.3, 0.4) is 0 Å². The molecule has 0 aliphatic carbocycles. The topological polar surface area (TPSA) is 32.9 Å². The van der Waals surface area contributed by atoms with Gasteiger partial charge in [0.1, 0.15) is 0 Å². The van der Waals surface area contributed by atoms with E-state index in [4.69, 9.17) is 0 Å². The number of carbonyl (C=O) groups excluding carboxylic acids is 1. The molecule has 0 saturated carbocycles. The molecule has 0 atom stereocenters. The number of rotatable bonds is 3. The monoisotopic (exact) mass is 235 g/mol. The van der Waals surface area contributed by atoms with Gasteiger partial charge in [0.25, 0.3) is 0 Å². The zero-order valence-corrected chi connectivity index (χ0v) is 9.89. The molecule has 0 fully saturated rings. The molecule has 2 nitrogen and oxygen atoms in total. The van der Waals surface area contributed by atoms with Crippen molar-refractivity contribution in [1.29, 1.82) is 0 Å². The largest absolute Gasteiger partial charge is 0.356 e. The highest BCUT2D eigenvalue weighted by atomic mass is 16.1. The minimum Gasteiger partial charge on any atom is -0.356 e. The van der Waals surface area contributed by atoms with Gasteiger partial charge >= 0.3 is 0 Å². The molecule has 0 aliphatic heterocycles. The quantitative estimate of drug-likeness (QED) is 0.692. The number of hydrogen-bond acceptors (Lipinski definition) is 1. The first-order valence-corrected chi connectivity index (χ1v) is 5.96. The average Bonchev–Trinajstić information content (AvgIpc) is 2.87. The van der Waals surface area contributed by atoms with E-state index in [1.807, 2.05) is 18.2 Å². The van der Waals surface area contributed by atoms with Crippen molar-refractivity contribution >= 4 is 17.1 Å². The number of carbonyl (C=O) groups is 1. The number of aromatic nitrogens is 1. The molecule has 1 N–H and O–H groups in total. The highest BCUT2D eigenvalue weighted by Crippen LogP contribution is 2.20. The molecular formula is C16H13NO. The number of hydrogen-bond donors (Lipinski definition) is 1. The van der Waals surface area contributed by atoms with Crippen molar-refractivity contribution < 1.29 is 4.79 Å². The molecule has 88 valence electrons. The van der Waals surface area contributed by atoms with Gasteiger partial charge in [-0.3, -0.25) is 4.79 Å². The van der Waals surface area contributed by atoms with Crippen molar-refractivity contribution in [2.45, 2.75) is 6.42 Å². The molecule has 1 aromatic heterocycles. The van der Waals surface area contributed by atoms with Crippen LogP contribution in [-0.2, 0) is 6.42 Å². The standard InChI is InChI=1S/C16H13NO/c18-11-15-9-8-14(17-15)10-13-6-3-5-12-4-1-2-7-16(12)13/h1-9,11,17H,10H2. The normalized spacial score (nSPS) is 10.7. The van der Waals surface area contributed by atoms with Gasteiger partial charge in [-0.25, -0.2) is 0 Å². The second-order valence-electron chi connectivity index (χ2n) is 4.37. The molecule has 0 spiro atoms. The Bertz CT molecular complexity index is 692. The molecule has 0 aliphatic rings. The van der Waals surface area contributed by atoms with Crippen LogP contribution in [0.5, 0.6) is 0 Å². The van der Waals surface area contributed by atoms with Crippen LogP contribution in [0, 0.1) is 0 Å². The maximum Gasteiger partial charge on any atom is 0.166 e. The number of benzene rings is 2. The van der Waals surface area contributed by atoms with Crippen LogP contribution in [0.25, 0.3) is 10.8 Å². The van der Waals surface area contributed by atoms with E-state index in [1.165, 1.54) is 16.3 Å². The molecular weight excluding hydrogens is 222 g/mol. The third kappa shape index (κ3) is 1.93. The van der Waals surface area contributed by atoms with E-state index in [0.29, 0.717) is 5.69 Å². The van der Waals surface area contributed by atoms with Gasteiger partial charge in [0, 0.05) is 12.1 Å². The number of H-pyrrole nitrogens is 1. The Kier molecular flexibility index (Phi) is 2.69. The Balaban J connectivity index is 2.01. The van der Waals surface area contributed by atoms with Crippen LogP contribution >= 0.6 is 0 Å². The summed E-state index contributed by atoms with van der Waals surface area (Å²) in [5.41, 5.74) is 2.96. The molecule has 0 amide bonds. The Labute approximate surface area is 105 Å². The van der Waals surface area contributed by atoms with Crippen molar-refractivity contribution in [3.8, 4) is 0 Å². The van der Waals surface area contributed by atoms with Crippen LogP contribution in [0.4, 0.5) is 0 Å². The molecule has 0 unspecified atom stereocenters. The van der Waals surface area contributed by atoms with E-state index < -0.39 is 0 Å². The SMILES string of the molecule is O=Cc1ccc(Cc2cccc3ccccc23)[nH]1. The van der Waals surface area contributed by atoms with Gasteiger partial charge in [0.15, 0.2) is 6.29 Å². The molecule has 0 saturated heterocycles. The maximum atomic E-state index is 10.7. The lowest BCUT2D eigenvalue weighted by Gasteiger charge is -2.05. The molecule has 2 heteroatoms. The van der Waals surface area contributed by atoms with Gasteiger partial charge in [-0.15, -0.1) is 0 Å². The summed E-state index contributed by atoms with van der Waals surface area (Å²) in [6.45, 7) is 0. The summed E-state index contributed by atoms with van der Waals surface area (Å²) in [6.07, 6.45) is 1.65. The van der Waals surface area contributed by atoms with Gasteiger partial charge in [-0.05, 0) is 28.5 Å². The molecule has 1 heterocycles. The zero-order valence-electron chi connectivity index (χ0n) is 9.89. The fourth-order valence-corrected chi connectivity index (χ4v) is 2.28. The average molecular weight is 235 g/mol. The van der Waals surface area contributed by atoms with Crippen LogP contribution in [0.15, 0.2) is 54.6 Å². The fourth-order valence-electron chi connectivity index (χ4n) is 2.28. The summed E-state index contributed by atoms with van der Waals surface area (Å²) in [4.78, 5) is 13.8. The van der Waals surface area contributed by atoms with E-state index in [-0.39, 0.29) is 0 Å². The number of aromatic amines is 1. The summed E-state index contributed by atoms with van der Waals surface area (Å²) in [6, 6.07) is 18.4. The maximum absolute atomic E-state index is 10.7. The third-order valence-corrected chi connectivity index (χ3v) is 3.16. The molecule has 2 aromatic carbocycles. The van der Waals surface area contributed by atoms with Crippen LogP contribution in [-0.4, -0.2) is 11.3 Å². The Morgan fingerprint density at radius 1 is 0.944 bits per heavy atom. The summed E-state index contributed by atoms with van der Waals surface area (Å²) < 4.78 is 0. The number of nitrogens with one attached hydrogen (secondary N) is 1. The summed E-state index contributed by atoms with van der Waals surface area (Å²) in [7, 11) is 0. The molecule has 0 radical (unpaired) electrons. The van der Waals surface area contributed by atoms with Crippen molar-refractivity contribution in [2.75, 3.05) is 0 Å². The van der Waals surface area contributed by atoms with Gasteiger partial charge in [-0.1, -0.05) is 42.5 Å². The van der Waals surface area contributed by atoms with Crippen molar-refractivity contribution in [2.24, 2.45) is 0 Å². The number of aldehydes is 1. The predicted octanol–water partition coefficient (Wildman–Crippen LogP) is 3.57. The minimum atomic E-state index is 0.630. The van der Waals surface area contributed by atoms with E-state index in [2.05, 4.69) is 41.4 Å². The molecule has 3 aromatic rings. The summed E-state index contributed by atoms with van der Waals surface area (Å²) >= 11 is 0. The Morgan fingerprint density at radius 3 is 2.61 bits per heavy atom. The molecule has 18 heavy (non-hydrogen) atoms. The van der Waals surface area contributed by atoms with Gasteiger partial charge < -0.3 is 4.98 Å². The first kappa shape index (κ1) is 10.8. The fraction of sp³-hybridized carbons (Fsp3) is 0.0625. The Hall–Kier alpha value is -2.35. The van der Waals surface area contributed by atoms with E-state index in [0.717, 1.165) is 18.4 Å². The van der Waals surface area contributed by atoms with Gasteiger partial charge in [0.2, 0.25) is 0 Å². The Morgan fingerprint density at radius 2 is 1.78 bits per heavy atom. The number of fused-ring (bicyclic) bond motifs is 1. The smallest absolute Gasteiger partial charge is 0.166 e. The lowest BCUT2D eigenvalue weighted by Crippen LogP contribution is -1.90. The lowest BCUT2D eigenvalue weighted by atomic mass is 10.0. The van der Waals surface area contributed by atoms with Crippen molar-refractivity contribution in [3.63, 3.8) is 0 Å². The first-order chi connectivity index (χ1) is 8.86. The van der Waals surface area contributed by atoms with Crippen molar-refractivity contribution in [3.05, 3.63) is 71.5 Å². The highest BCUT2D eigenvalue weighted by molar-refractivity contribution is 5.85. The second kappa shape index (κ2) is 4.49. The van der Waals surface area contributed by atoms with Crippen LogP contribution in [0.1, 0.15) is 21.7 Å². The van der Waals surface area contributed by atoms with Gasteiger partial charge in [-0.2, -0.15) is 0 Å². The van der Waals surface area contributed by atoms with Crippen LogP contribution in [0.2, 0.25) is 0 Å². The zero-order chi connectivity index (χ0) is 12.4. The molecule has 3 rings (SSSR count). The summed E-state index contributed by atoms with van der Waals surface area (Å²) in [5.74, 6) is 0. The van der Waals surface area contributed by atoms with Crippen LogP contribution < -0.4 is 0 Å². The van der Waals surface area contributed by atoms with E-state index in [9.17, 15) is 4.79 Å². The second-order valence-corrected chi connectivity index (χ2v) is 4.37. The molecule has 0 bridgehead atoms. The van der Waals surface area contributed by atoms with Crippen molar-refractivity contribution in [1.82, 2.24) is 4.98 Å². The lowest BCUT2D eigenvalue weighted by molar-refractivity contribution is 0.111. The minimum absolute atomic E-state index is 0.630. The first-order valence-electron chi connectivity index (χ1n) is 5.96. The van der Waals surface area contributed by atoms with E-state index in [1.54, 1.807) is 0 Å². The predicted molar refractivity (Wildman–Crippen MR) is 72.9 cm³/mol. The van der Waals surface area contributed by atoms with E-state index >= 15 is 0 Å².